The zero-order valence-corrected chi connectivity index (χ0v) is 20.3. The van der Waals surface area contributed by atoms with Gasteiger partial charge in [0.15, 0.2) is 0 Å². The normalized spacial score (nSPS) is 34.1. The van der Waals surface area contributed by atoms with Crippen LogP contribution in [0, 0.1) is 11.3 Å². The predicted octanol–water partition coefficient (Wildman–Crippen LogP) is 5.12. The molecule has 3 rings (SSSR count). The van der Waals surface area contributed by atoms with E-state index >= 15 is 0 Å². The van der Waals surface area contributed by atoms with Crippen LogP contribution >= 0.6 is 11.8 Å². The third-order valence-corrected chi connectivity index (χ3v) is 7.83. The maximum Gasteiger partial charge on any atom is 0.316 e. The van der Waals surface area contributed by atoms with Crippen molar-refractivity contribution in [1.29, 1.82) is 0 Å². The molecular weight excluding hydrogens is 408 g/mol. The van der Waals surface area contributed by atoms with Crippen LogP contribution in [0.4, 0.5) is 0 Å². The van der Waals surface area contributed by atoms with Crippen molar-refractivity contribution >= 4 is 17.7 Å². The average Bonchev–Trinajstić information content (AvgIpc) is 2.99. The molecular formula is C26H38O4S. The Morgan fingerprint density at radius 1 is 1.35 bits per heavy atom. The van der Waals surface area contributed by atoms with Gasteiger partial charge in [0.1, 0.15) is 5.60 Å². The lowest BCUT2D eigenvalue weighted by Crippen LogP contribution is -2.31. The largest absolute Gasteiger partial charge is 0.459 e. The number of aliphatic hydroxyl groups excluding tert-OH is 2. The third kappa shape index (κ3) is 5.94. The van der Waals surface area contributed by atoms with Crippen molar-refractivity contribution in [2.75, 3.05) is 11.5 Å². The summed E-state index contributed by atoms with van der Waals surface area (Å²) in [4.78, 5) is 12.0. The standard InChI is InChI=1S/C26H38O4S/c1-17-19(13-21(27)14-23(17)28)9-8-18-7-6-12-26(5)20(10-11-22(18)26)15-31-16-24(29)30-25(2,3)4/h8-10,21-23,27-28H,1,6-7,11-16H2,2-5H3/t21?,22-,23?,26+/m0/s1. The number of rotatable bonds is 5. The van der Waals surface area contributed by atoms with E-state index in [4.69, 9.17) is 4.74 Å². The van der Waals surface area contributed by atoms with Crippen LogP contribution in [0.5, 0.6) is 0 Å². The summed E-state index contributed by atoms with van der Waals surface area (Å²) in [6.45, 7) is 12.1. The summed E-state index contributed by atoms with van der Waals surface area (Å²) in [5.74, 6) is 1.60. The van der Waals surface area contributed by atoms with Crippen LogP contribution < -0.4 is 0 Å². The number of hydrogen-bond acceptors (Lipinski definition) is 5. The van der Waals surface area contributed by atoms with E-state index in [9.17, 15) is 15.0 Å². The third-order valence-electron chi connectivity index (χ3n) is 6.87. The SMILES string of the molecule is C=C1C(=CC=C2CCC[C@]3(C)C(CSCC(=O)OC(C)(C)C)=CC[C@@H]23)CC(O)CC1O. The minimum atomic E-state index is -0.647. The van der Waals surface area contributed by atoms with Gasteiger partial charge in [0, 0.05) is 12.2 Å². The molecule has 0 amide bonds. The molecule has 0 radical (unpaired) electrons. The van der Waals surface area contributed by atoms with Crippen molar-refractivity contribution < 1.29 is 19.7 Å². The highest BCUT2D eigenvalue weighted by atomic mass is 32.2. The molecule has 3 aliphatic rings. The molecule has 2 unspecified atom stereocenters. The molecule has 0 aliphatic heterocycles. The van der Waals surface area contributed by atoms with Gasteiger partial charge in [-0.3, -0.25) is 4.79 Å². The summed E-state index contributed by atoms with van der Waals surface area (Å²) < 4.78 is 5.43. The van der Waals surface area contributed by atoms with Crippen LogP contribution in [-0.2, 0) is 9.53 Å². The Bertz CT molecular complexity index is 801. The van der Waals surface area contributed by atoms with Crippen molar-refractivity contribution in [3.8, 4) is 0 Å². The molecule has 0 bridgehead atoms. The highest BCUT2D eigenvalue weighted by Gasteiger charge is 2.44. The zero-order valence-electron chi connectivity index (χ0n) is 19.4. The second-order valence-corrected chi connectivity index (χ2v) is 11.4. The fourth-order valence-corrected chi connectivity index (χ4v) is 6.21. The molecule has 0 aromatic rings. The van der Waals surface area contributed by atoms with Crippen molar-refractivity contribution in [1.82, 2.24) is 0 Å². The summed E-state index contributed by atoms with van der Waals surface area (Å²) in [5, 5.41) is 20.1. The minimum absolute atomic E-state index is 0.145. The Hall–Kier alpha value is -1.30. The fourth-order valence-electron chi connectivity index (χ4n) is 5.21. The Kier molecular flexibility index (Phi) is 7.60. The van der Waals surface area contributed by atoms with Gasteiger partial charge in [0.2, 0.25) is 0 Å². The molecule has 5 heteroatoms. The van der Waals surface area contributed by atoms with Gasteiger partial charge in [-0.2, -0.15) is 0 Å². The van der Waals surface area contributed by atoms with Crippen LogP contribution in [0.3, 0.4) is 0 Å². The summed E-state index contributed by atoms with van der Waals surface area (Å²) in [7, 11) is 0. The van der Waals surface area contributed by atoms with Gasteiger partial charge in [-0.15, -0.1) is 11.8 Å². The number of carbonyl (C=O) groups is 1. The van der Waals surface area contributed by atoms with Gasteiger partial charge in [-0.25, -0.2) is 0 Å². The molecule has 0 spiro atoms. The lowest BCUT2D eigenvalue weighted by atomic mass is 9.64. The first-order chi connectivity index (χ1) is 14.5. The number of allylic oxidation sites excluding steroid dienone is 4. The molecule has 0 aromatic carbocycles. The minimum Gasteiger partial charge on any atom is -0.459 e. The number of carbonyl (C=O) groups excluding carboxylic acids is 1. The fraction of sp³-hybridized carbons (Fsp3) is 0.654. The van der Waals surface area contributed by atoms with E-state index in [0.717, 1.165) is 36.2 Å². The molecule has 4 atom stereocenters. The second-order valence-electron chi connectivity index (χ2n) is 10.4. The van der Waals surface area contributed by atoms with Gasteiger partial charge >= 0.3 is 5.97 Å². The van der Waals surface area contributed by atoms with E-state index in [-0.39, 0.29) is 11.4 Å². The Balaban J connectivity index is 1.64. The van der Waals surface area contributed by atoms with E-state index < -0.39 is 17.8 Å². The second kappa shape index (κ2) is 9.68. The molecule has 3 aliphatic carbocycles. The van der Waals surface area contributed by atoms with Crippen LogP contribution in [0.15, 0.2) is 47.1 Å². The Morgan fingerprint density at radius 2 is 2.10 bits per heavy atom. The van der Waals surface area contributed by atoms with Gasteiger partial charge in [-0.1, -0.05) is 42.9 Å². The van der Waals surface area contributed by atoms with Gasteiger partial charge in [-0.05, 0) is 75.4 Å². The van der Waals surface area contributed by atoms with Gasteiger partial charge in [0.05, 0.1) is 18.0 Å². The number of thioether (sulfide) groups is 1. The Labute approximate surface area is 191 Å². The van der Waals surface area contributed by atoms with Crippen LogP contribution in [0.1, 0.15) is 66.2 Å². The number of hydrogen-bond donors (Lipinski definition) is 2. The molecule has 2 fully saturated rings. The molecule has 2 saturated carbocycles. The van der Waals surface area contributed by atoms with E-state index in [1.54, 1.807) is 11.8 Å². The monoisotopic (exact) mass is 446 g/mol. The molecule has 2 N–H and O–H groups in total. The summed E-state index contributed by atoms with van der Waals surface area (Å²) in [6, 6.07) is 0. The molecule has 172 valence electrons. The smallest absolute Gasteiger partial charge is 0.316 e. The van der Waals surface area contributed by atoms with Crippen LogP contribution in [-0.4, -0.2) is 45.5 Å². The van der Waals surface area contributed by atoms with E-state index in [2.05, 4.69) is 31.7 Å². The lowest BCUT2D eigenvalue weighted by Gasteiger charge is -2.41. The topological polar surface area (TPSA) is 66.8 Å². The van der Waals surface area contributed by atoms with Gasteiger partial charge in [0.25, 0.3) is 0 Å². The maximum absolute atomic E-state index is 12.0. The highest BCUT2D eigenvalue weighted by molar-refractivity contribution is 8.00. The van der Waals surface area contributed by atoms with Crippen LogP contribution in [0.25, 0.3) is 0 Å². The van der Waals surface area contributed by atoms with E-state index in [1.807, 2.05) is 20.8 Å². The van der Waals surface area contributed by atoms with Crippen molar-refractivity contribution in [2.24, 2.45) is 11.3 Å². The van der Waals surface area contributed by atoms with Crippen molar-refractivity contribution in [3.63, 3.8) is 0 Å². The molecule has 31 heavy (non-hydrogen) atoms. The summed E-state index contributed by atoms with van der Waals surface area (Å²) in [6.07, 6.45) is 10.9. The molecule has 0 heterocycles. The highest BCUT2D eigenvalue weighted by Crippen LogP contribution is 2.55. The predicted molar refractivity (Wildman–Crippen MR) is 128 cm³/mol. The first kappa shape index (κ1) is 24.3. The zero-order chi connectivity index (χ0) is 22.8. The van der Waals surface area contributed by atoms with Crippen molar-refractivity contribution in [3.05, 3.63) is 47.1 Å². The Morgan fingerprint density at radius 3 is 2.81 bits per heavy atom. The quantitative estimate of drug-likeness (QED) is 0.453. The number of aliphatic hydroxyl groups is 2. The molecule has 0 aromatic heterocycles. The molecule has 0 saturated heterocycles. The first-order valence-corrected chi connectivity index (χ1v) is 12.6. The van der Waals surface area contributed by atoms with Gasteiger partial charge < -0.3 is 14.9 Å². The average molecular weight is 447 g/mol. The van der Waals surface area contributed by atoms with Crippen molar-refractivity contribution in [2.45, 2.75) is 84.0 Å². The molecule has 4 nitrogen and oxygen atoms in total. The number of ether oxygens (including phenoxy) is 1. The van der Waals surface area contributed by atoms with Crippen LogP contribution in [0.2, 0.25) is 0 Å². The summed E-state index contributed by atoms with van der Waals surface area (Å²) in [5.41, 5.74) is 4.32. The van der Waals surface area contributed by atoms with E-state index in [1.165, 1.54) is 17.6 Å². The lowest BCUT2D eigenvalue weighted by molar-refractivity contribution is -0.151. The maximum atomic E-state index is 12.0. The number of esters is 1. The summed E-state index contributed by atoms with van der Waals surface area (Å²) >= 11 is 1.65. The first-order valence-electron chi connectivity index (χ1n) is 11.4. The number of fused-ring (bicyclic) bond motifs is 1. The van der Waals surface area contributed by atoms with E-state index in [0.29, 0.717) is 24.5 Å².